The predicted octanol–water partition coefficient (Wildman–Crippen LogP) is 14.3. The Kier molecular flexibility index (Phi) is 6.93. The normalized spacial score (nSPS) is 11.9. The minimum absolute atomic E-state index is 1.15. The van der Waals surface area contributed by atoms with Crippen molar-refractivity contribution in [3.05, 3.63) is 212 Å². The average molecular weight is 726 g/mol. The molecule has 3 heteroatoms. The molecule has 266 valence electrons. The first-order valence-electron chi connectivity index (χ1n) is 19.6. The first-order chi connectivity index (χ1) is 28.3. The van der Waals surface area contributed by atoms with Crippen LogP contribution in [0.2, 0.25) is 0 Å². The van der Waals surface area contributed by atoms with Gasteiger partial charge in [0.2, 0.25) is 0 Å². The van der Waals surface area contributed by atoms with Crippen molar-refractivity contribution < 1.29 is 0 Å². The molecule has 0 radical (unpaired) electrons. The van der Waals surface area contributed by atoms with Gasteiger partial charge in [-0.05, 0) is 89.5 Å². The Balaban J connectivity index is 1.09. The fraction of sp³-hybridized carbons (Fsp3) is 0. The van der Waals surface area contributed by atoms with Crippen LogP contribution in [0.3, 0.4) is 0 Å². The third-order valence-electron chi connectivity index (χ3n) is 11.8. The summed E-state index contributed by atoms with van der Waals surface area (Å²) in [6, 6.07) is 77.4. The lowest BCUT2D eigenvalue weighted by atomic mass is 9.99. The van der Waals surface area contributed by atoms with Crippen LogP contribution in [-0.4, -0.2) is 13.7 Å². The quantitative estimate of drug-likeness (QED) is 0.168. The zero-order chi connectivity index (χ0) is 37.5. The highest BCUT2D eigenvalue weighted by atomic mass is 15.0. The molecule has 0 aliphatic rings. The van der Waals surface area contributed by atoms with Gasteiger partial charge in [0.05, 0.1) is 33.1 Å². The maximum Gasteiger partial charge on any atom is 0.0619 e. The Morgan fingerprint density at radius 1 is 0.228 bits per heavy atom. The van der Waals surface area contributed by atoms with Gasteiger partial charge in [-0.25, -0.2) is 0 Å². The Morgan fingerprint density at radius 2 is 0.702 bits per heavy atom. The molecule has 0 atom stereocenters. The average Bonchev–Trinajstić information content (AvgIpc) is 3.92. The summed E-state index contributed by atoms with van der Waals surface area (Å²) in [6.45, 7) is 0. The lowest BCUT2D eigenvalue weighted by Crippen LogP contribution is -1.97. The minimum atomic E-state index is 1.15. The molecule has 0 amide bonds. The Hall–Kier alpha value is -7.62. The number of rotatable bonds is 5. The van der Waals surface area contributed by atoms with E-state index in [-0.39, 0.29) is 0 Å². The molecule has 0 aliphatic carbocycles. The summed E-state index contributed by atoms with van der Waals surface area (Å²) < 4.78 is 7.28. The van der Waals surface area contributed by atoms with E-state index in [4.69, 9.17) is 0 Å². The lowest BCUT2D eigenvalue weighted by molar-refractivity contribution is 1.17. The maximum absolute atomic E-state index is 2.48. The first-order valence-corrected chi connectivity index (χ1v) is 19.6. The van der Waals surface area contributed by atoms with E-state index in [9.17, 15) is 0 Å². The van der Waals surface area contributed by atoms with Gasteiger partial charge in [0.15, 0.2) is 0 Å². The summed E-state index contributed by atoms with van der Waals surface area (Å²) in [5.41, 5.74) is 15.5. The van der Waals surface area contributed by atoms with Gasteiger partial charge in [0.25, 0.3) is 0 Å². The summed E-state index contributed by atoms with van der Waals surface area (Å²) in [5, 5.41) is 7.46. The third kappa shape index (κ3) is 4.79. The monoisotopic (exact) mass is 725 g/mol. The highest BCUT2D eigenvalue weighted by molar-refractivity contribution is 6.16. The van der Waals surface area contributed by atoms with E-state index in [0.29, 0.717) is 0 Å². The minimum Gasteiger partial charge on any atom is -0.309 e. The van der Waals surface area contributed by atoms with Gasteiger partial charge in [-0.1, -0.05) is 140 Å². The topological polar surface area (TPSA) is 14.8 Å². The highest BCUT2D eigenvalue weighted by Crippen LogP contribution is 2.42. The smallest absolute Gasteiger partial charge is 0.0619 e. The van der Waals surface area contributed by atoms with Gasteiger partial charge in [-0.2, -0.15) is 0 Å². The zero-order valence-electron chi connectivity index (χ0n) is 31.0. The predicted molar refractivity (Wildman–Crippen MR) is 240 cm³/mol. The summed E-state index contributed by atoms with van der Waals surface area (Å²) in [6.07, 6.45) is 0. The molecule has 12 aromatic rings. The Morgan fingerprint density at radius 3 is 1.42 bits per heavy atom. The van der Waals surface area contributed by atoms with Gasteiger partial charge >= 0.3 is 0 Å². The second-order valence-corrected chi connectivity index (χ2v) is 14.9. The molecule has 9 aromatic carbocycles. The lowest BCUT2D eigenvalue weighted by Gasteiger charge is -2.13. The van der Waals surface area contributed by atoms with Crippen molar-refractivity contribution in [2.75, 3.05) is 0 Å². The van der Waals surface area contributed by atoms with Crippen LogP contribution in [0, 0.1) is 0 Å². The third-order valence-corrected chi connectivity index (χ3v) is 11.8. The summed E-state index contributed by atoms with van der Waals surface area (Å²) in [5.74, 6) is 0. The van der Waals surface area contributed by atoms with Crippen molar-refractivity contribution in [3.8, 4) is 39.3 Å². The molecule has 0 bridgehead atoms. The van der Waals surface area contributed by atoms with Gasteiger partial charge < -0.3 is 13.7 Å². The van der Waals surface area contributed by atoms with Crippen LogP contribution >= 0.6 is 0 Å². The SMILES string of the molecule is c1ccc(-c2cccc(-n3c4ccccc4c4cc(-c5cccc6c7ccccc7n(-c7ccc8c(c7)c7ccccc7n8-c7ccccc7)c56)ccc43)c2)cc1. The van der Waals surface area contributed by atoms with E-state index in [0.717, 1.165) is 17.1 Å². The molecule has 0 N–H and O–H groups in total. The number of benzene rings is 9. The molecule has 3 nitrogen and oxygen atoms in total. The largest absolute Gasteiger partial charge is 0.309 e. The molecule has 3 aromatic heterocycles. The van der Waals surface area contributed by atoms with Gasteiger partial charge in [-0.3, -0.25) is 0 Å². The van der Waals surface area contributed by atoms with E-state index in [2.05, 4.69) is 226 Å². The van der Waals surface area contributed by atoms with Crippen molar-refractivity contribution in [1.82, 2.24) is 13.7 Å². The number of fused-ring (bicyclic) bond motifs is 9. The zero-order valence-corrected chi connectivity index (χ0v) is 31.0. The van der Waals surface area contributed by atoms with Gasteiger partial charge in [0, 0.05) is 54.9 Å². The van der Waals surface area contributed by atoms with Gasteiger partial charge in [-0.15, -0.1) is 0 Å². The molecule has 0 aliphatic heterocycles. The molecule has 0 saturated carbocycles. The Labute approximate surface area is 329 Å². The molecule has 0 fully saturated rings. The fourth-order valence-electron chi connectivity index (χ4n) is 9.35. The van der Waals surface area contributed by atoms with Crippen molar-refractivity contribution >= 4 is 65.4 Å². The van der Waals surface area contributed by atoms with E-state index in [1.807, 2.05) is 0 Å². The maximum atomic E-state index is 2.48. The van der Waals surface area contributed by atoms with Crippen LogP contribution < -0.4 is 0 Å². The summed E-state index contributed by atoms with van der Waals surface area (Å²) in [4.78, 5) is 0. The molecule has 0 saturated heterocycles. The molecular weight excluding hydrogens is 691 g/mol. The second kappa shape index (κ2) is 12.5. The number of aromatic nitrogens is 3. The molecule has 57 heavy (non-hydrogen) atoms. The van der Waals surface area contributed by atoms with Crippen LogP contribution in [0.4, 0.5) is 0 Å². The number of nitrogens with zero attached hydrogens (tertiary/aromatic N) is 3. The summed E-state index contributed by atoms with van der Waals surface area (Å²) >= 11 is 0. The first kappa shape index (κ1) is 31.7. The van der Waals surface area contributed by atoms with Crippen molar-refractivity contribution in [3.63, 3.8) is 0 Å². The second-order valence-electron chi connectivity index (χ2n) is 14.9. The van der Waals surface area contributed by atoms with Crippen LogP contribution in [0.25, 0.3) is 105 Å². The van der Waals surface area contributed by atoms with Crippen molar-refractivity contribution in [2.24, 2.45) is 0 Å². The van der Waals surface area contributed by atoms with E-state index >= 15 is 0 Å². The standard InChI is InChI=1S/C54H35N3/c1-3-15-36(16-4-1)37-17-13-20-40(33-37)56-50-27-11-8-22-44(50)47-34-38(29-31-52(47)56)42-24-14-25-46-43-21-7-12-28-51(43)57(54(42)46)41-30-32-53-48(35-41)45-23-9-10-26-49(45)55(53)39-18-5-2-6-19-39/h1-35H. The number of hydrogen-bond acceptors (Lipinski definition) is 0. The molecule has 0 spiro atoms. The molecule has 3 heterocycles. The van der Waals surface area contributed by atoms with Crippen molar-refractivity contribution in [2.45, 2.75) is 0 Å². The van der Waals surface area contributed by atoms with E-state index in [1.54, 1.807) is 0 Å². The molecule has 12 rings (SSSR count). The van der Waals surface area contributed by atoms with Gasteiger partial charge in [0.1, 0.15) is 0 Å². The van der Waals surface area contributed by atoms with Crippen LogP contribution in [-0.2, 0) is 0 Å². The molecule has 0 unspecified atom stereocenters. The number of hydrogen-bond donors (Lipinski definition) is 0. The van der Waals surface area contributed by atoms with Crippen molar-refractivity contribution in [1.29, 1.82) is 0 Å². The van der Waals surface area contributed by atoms with Crippen LogP contribution in [0.15, 0.2) is 212 Å². The fourth-order valence-corrected chi connectivity index (χ4v) is 9.35. The number of para-hydroxylation sites is 5. The van der Waals surface area contributed by atoms with Crippen LogP contribution in [0.5, 0.6) is 0 Å². The van der Waals surface area contributed by atoms with E-state index in [1.165, 1.54) is 87.7 Å². The Bertz CT molecular complexity index is 3510. The van der Waals surface area contributed by atoms with E-state index < -0.39 is 0 Å². The van der Waals surface area contributed by atoms with Crippen LogP contribution in [0.1, 0.15) is 0 Å². The highest BCUT2D eigenvalue weighted by Gasteiger charge is 2.20. The summed E-state index contributed by atoms with van der Waals surface area (Å²) in [7, 11) is 0. The molecular formula is C54H35N3.